The Labute approximate surface area is 196 Å². The van der Waals surface area contributed by atoms with Crippen LogP contribution in [0.1, 0.15) is 31.2 Å². The number of carboxylic acids is 1. The van der Waals surface area contributed by atoms with E-state index < -0.39 is 21.7 Å². The number of nitro benzene ring substituents is 2. The third-order valence-electron chi connectivity index (χ3n) is 5.52. The average Bonchev–Trinajstić information content (AvgIpc) is 3.40. The van der Waals surface area contributed by atoms with Crippen molar-refractivity contribution < 1.29 is 19.7 Å². The van der Waals surface area contributed by atoms with Crippen molar-refractivity contribution in [2.24, 2.45) is 0 Å². The summed E-state index contributed by atoms with van der Waals surface area (Å²) in [5.41, 5.74) is 2.51. The molecule has 4 aromatic rings. The van der Waals surface area contributed by atoms with E-state index in [4.69, 9.17) is 0 Å². The van der Waals surface area contributed by atoms with Crippen molar-refractivity contribution >= 4 is 43.2 Å². The second kappa shape index (κ2) is 8.00. The molecule has 1 heterocycles. The molecule has 0 bridgehead atoms. The molecule has 5 rings (SSSR count). The molecule has 1 unspecified atom stereocenters. The average molecular weight is 524 g/mol. The second-order valence-corrected chi connectivity index (χ2v) is 10.9. The van der Waals surface area contributed by atoms with Crippen molar-refractivity contribution in [1.29, 1.82) is 0 Å². The monoisotopic (exact) mass is 525 g/mol. The van der Waals surface area contributed by atoms with Gasteiger partial charge in [-0.05, 0) is 0 Å². The summed E-state index contributed by atoms with van der Waals surface area (Å²) in [5, 5.41) is 32.8. The number of nitro groups is 2. The summed E-state index contributed by atoms with van der Waals surface area (Å²) in [5.74, 6) is -1.76. The van der Waals surface area contributed by atoms with Crippen LogP contribution in [0.5, 0.6) is 0 Å². The van der Waals surface area contributed by atoms with Gasteiger partial charge in [0.15, 0.2) is 0 Å². The van der Waals surface area contributed by atoms with Gasteiger partial charge in [-0.3, -0.25) is 0 Å². The minimum absolute atomic E-state index is 0.0992. The third-order valence-corrected chi connectivity index (χ3v) is 9.61. The van der Waals surface area contributed by atoms with E-state index in [0.717, 1.165) is 20.3 Å². The normalized spacial score (nSPS) is 13.9. The van der Waals surface area contributed by atoms with Gasteiger partial charge in [-0.25, -0.2) is 0 Å². The molecule has 0 radical (unpaired) electrons. The van der Waals surface area contributed by atoms with E-state index in [0.29, 0.717) is 22.3 Å². The number of carboxylic acid groups (broad SMARTS) is 1. The van der Waals surface area contributed by atoms with E-state index in [2.05, 4.69) is 4.94 Å². The Morgan fingerprint density at radius 1 is 0.939 bits per heavy atom. The molecular weight excluding hydrogens is 511 g/mol. The molecule has 0 saturated heterocycles. The molecule has 10 heteroatoms. The molecule has 0 amide bonds. The van der Waals surface area contributed by atoms with Crippen LogP contribution in [0.15, 0.2) is 65.6 Å². The summed E-state index contributed by atoms with van der Waals surface area (Å²) < 4.78 is 0.999. The Balaban J connectivity index is 1.78. The van der Waals surface area contributed by atoms with Gasteiger partial charge in [0.25, 0.3) is 0 Å². The van der Waals surface area contributed by atoms with Gasteiger partial charge in [0.05, 0.1) is 0 Å². The van der Waals surface area contributed by atoms with Gasteiger partial charge in [-0.2, -0.15) is 0 Å². The molecule has 3 aromatic carbocycles. The molecule has 1 aromatic heterocycles. The van der Waals surface area contributed by atoms with Gasteiger partial charge in [0.2, 0.25) is 0 Å². The van der Waals surface area contributed by atoms with Crippen LogP contribution in [0.2, 0.25) is 0 Å². The Kier molecular flexibility index (Phi) is 5.13. The predicted octanol–water partition coefficient (Wildman–Crippen LogP) is 5.43. The van der Waals surface area contributed by atoms with Crippen LogP contribution < -0.4 is 0 Å². The summed E-state index contributed by atoms with van der Waals surface area (Å²) in [7, 11) is 0. The first kappa shape index (κ1) is 21.1. The number of nitrogens with zero attached hydrogens (tertiary/aromatic N) is 2. The zero-order chi connectivity index (χ0) is 23.3. The zero-order valence-electron chi connectivity index (χ0n) is 16.6. The van der Waals surface area contributed by atoms with E-state index in [1.54, 1.807) is 17.4 Å². The molecule has 1 atom stereocenters. The molecule has 0 fully saturated rings. The topological polar surface area (TPSA) is 124 Å². The first-order valence-electron chi connectivity index (χ1n) is 9.66. The Bertz CT molecular complexity index is 1470. The van der Waals surface area contributed by atoms with E-state index in [-0.39, 0.29) is 31.4 Å². The van der Waals surface area contributed by atoms with Gasteiger partial charge in [-0.1, -0.05) is 0 Å². The Hall–Kier alpha value is -3.72. The number of hydrogen-bond donors (Lipinski definition) is 1. The fourth-order valence-corrected chi connectivity index (χ4v) is 8.31. The van der Waals surface area contributed by atoms with Crippen LogP contribution in [-0.2, 0) is 0 Å². The molecule has 0 saturated carbocycles. The van der Waals surface area contributed by atoms with Gasteiger partial charge in [0, 0.05) is 0 Å². The van der Waals surface area contributed by atoms with Crippen molar-refractivity contribution in [1.82, 2.24) is 0 Å². The van der Waals surface area contributed by atoms with E-state index in [9.17, 15) is 30.1 Å². The van der Waals surface area contributed by atoms with Crippen LogP contribution >= 0.6 is 11.3 Å². The van der Waals surface area contributed by atoms with Crippen molar-refractivity contribution in [3.63, 3.8) is 0 Å². The van der Waals surface area contributed by atoms with Crippen LogP contribution in [0.4, 0.5) is 11.4 Å². The third kappa shape index (κ3) is 3.54. The summed E-state index contributed by atoms with van der Waals surface area (Å²) in [6, 6.07) is 16.6. The number of fused-ring (bicyclic) bond motifs is 3. The van der Waals surface area contributed by atoms with Gasteiger partial charge in [0.1, 0.15) is 0 Å². The maximum absolute atomic E-state index is 12.0. The molecular formula is C23H13N2O6SSe+. The Morgan fingerprint density at radius 2 is 1.64 bits per heavy atom. The van der Waals surface area contributed by atoms with Gasteiger partial charge in [-0.15, -0.1) is 0 Å². The summed E-state index contributed by atoms with van der Waals surface area (Å²) in [4.78, 5) is 37.1. The zero-order valence-corrected chi connectivity index (χ0v) is 19.2. The first-order chi connectivity index (χ1) is 15.8. The Morgan fingerprint density at radius 3 is 2.30 bits per heavy atom. The fraction of sp³-hybridized carbons (Fsp3) is 0.0435. The van der Waals surface area contributed by atoms with Crippen LogP contribution in [0, 0.1) is 20.2 Å². The second-order valence-electron chi connectivity index (χ2n) is 7.37. The summed E-state index contributed by atoms with van der Waals surface area (Å²) in [6.07, 6.45) is 0. The van der Waals surface area contributed by atoms with E-state index >= 15 is 0 Å². The maximum atomic E-state index is 12.0. The molecule has 33 heavy (non-hydrogen) atoms. The molecule has 1 N–H and O–H groups in total. The van der Waals surface area contributed by atoms with Crippen molar-refractivity contribution in [3.05, 3.63) is 106 Å². The predicted molar refractivity (Wildman–Crippen MR) is 124 cm³/mol. The SMILES string of the molecule is O=C(O)c1cc([N+](=O)[O-])cc2c1-c1ccc([N+](=O)[O-])cc1C2c1[s+]c(-c2ccccc2)c[se]1. The molecule has 0 aliphatic heterocycles. The number of carbonyl (C=O) groups is 1. The quantitative estimate of drug-likeness (QED) is 0.142. The molecule has 0 spiro atoms. The summed E-state index contributed by atoms with van der Waals surface area (Å²) >= 11 is 1.45. The first-order valence-corrected chi connectivity index (χ1v) is 12.3. The number of rotatable bonds is 5. The van der Waals surface area contributed by atoms with Gasteiger partial charge >= 0.3 is 197 Å². The molecule has 1 aliphatic rings. The van der Waals surface area contributed by atoms with Crippen molar-refractivity contribution in [2.45, 2.75) is 5.92 Å². The number of non-ortho nitro benzene ring substituents is 2. The number of hydrogen-bond acceptors (Lipinski definition) is 5. The molecule has 8 nitrogen and oxygen atoms in total. The van der Waals surface area contributed by atoms with E-state index in [1.807, 2.05) is 30.3 Å². The molecule has 162 valence electrons. The summed E-state index contributed by atoms with van der Waals surface area (Å²) in [6.45, 7) is 0. The number of benzene rings is 3. The minimum atomic E-state index is -1.28. The van der Waals surface area contributed by atoms with Crippen LogP contribution in [-0.4, -0.2) is 35.4 Å². The van der Waals surface area contributed by atoms with Crippen molar-refractivity contribution in [2.75, 3.05) is 0 Å². The fourth-order valence-electron chi connectivity index (χ4n) is 4.13. The number of aromatic carboxylic acids is 1. The van der Waals surface area contributed by atoms with Crippen LogP contribution in [0.25, 0.3) is 21.6 Å². The van der Waals surface area contributed by atoms with Crippen LogP contribution in [0.3, 0.4) is 0 Å². The van der Waals surface area contributed by atoms with Crippen molar-refractivity contribution in [3.8, 4) is 21.6 Å². The van der Waals surface area contributed by atoms with E-state index in [1.165, 1.54) is 18.2 Å². The van der Waals surface area contributed by atoms with Gasteiger partial charge < -0.3 is 0 Å². The standard InChI is InChI=1S/C23H12N2O6SSe/c26-22(27)18-10-14(25(30)31)9-17-20(18)15-7-6-13(24(28)29)8-16(15)21(17)23-32-19(11-33-23)12-4-2-1-3-5-12/h1-11,21H/p+1. The molecule has 1 aliphatic carbocycles.